The number of carbonyl (C=O) groups is 1. The average Bonchev–Trinajstić information content (AvgIpc) is 2.41. The van der Waals surface area contributed by atoms with Crippen molar-refractivity contribution in [3.63, 3.8) is 0 Å². The number of rotatable bonds is 5. The molecule has 2 N–H and O–H groups in total. The fraction of sp³-hybridized carbons (Fsp3) is 0.588. The van der Waals surface area contributed by atoms with Crippen molar-refractivity contribution in [1.29, 1.82) is 0 Å². The highest BCUT2D eigenvalue weighted by Gasteiger charge is 2.22. The van der Waals surface area contributed by atoms with Crippen LogP contribution in [0.25, 0.3) is 0 Å². The maximum atomic E-state index is 12.2. The molecule has 0 radical (unpaired) electrons. The number of ether oxygens (including phenoxy) is 1. The Labute approximate surface area is 139 Å². The third kappa shape index (κ3) is 5.85. The molecule has 1 aromatic rings. The Kier molecular flexibility index (Phi) is 7.69. The largest absolute Gasteiger partial charge is 0.491 e. The Morgan fingerprint density at radius 2 is 2.23 bits per heavy atom. The molecule has 2 atom stereocenters. The van der Waals surface area contributed by atoms with Gasteiger partial charge in [0.15, 0.2) is 0 Å². The van der Waals surface area contributed by atoms with Crippen LogP contribution in [0.2, 0.25) is 0 Å². The lowest BCUT2D eigenvalue weighted by atomic mass is 9.94. The number of benzene rings is 1. The predicted octanol–water partition coefficient (Wildman–Crippen LogP) is 2.55. The van der Waals surface area contributed by atoms with Crippen LogP contribution in [0, 0.1) is 5.92 Å². The minimum Gasteiger partial charge on any atom is -0.491 e. The van der Waals surface area contributed by atoms with E-state index in [1.807, 2.05) is 38.1 Å². The Morgan fingerprint density at radius 3 is 2.91 bits per heavy atom. The van der Waals surface area contributed by atoms with Gasteiger partial charge in [-0.2, -0.15) is 0 Å². The van der Waals surface area contributed by atoms with E-state index in [4.69, 9.17) is 4.74 Å². The summed E-state index contributed by atoms with van der Waals surface area (Å²) < 4.78 is 5.66. The van der Waals surface area contributed by atoms with E-state index in [1.54, 1.807) is 0 Å². The molecule has 0 aliphatic carbocycles. The topological polar surface area (TPSA) is 50.4 Å². The van der Waals surface area contributed by atoms with Gasteiger partial charge in [0.1, 0.15) is 5.75 Å². The fourth-order valence-corrected chi connectivity index (χ4v) is 2.63. The molecule has 1 heterocycles. The zero-order chi connectivity index (χ0) is 15.2. The highest BCUT2D eigenvalue weighted by atomic mass is 35.5. The van der Waals surface area contributed by atoms with E-state index in [-0.39, 0.29) is 30.5 Å². The summed E-state index contributed by atoms with van der Waals surface area (Å²) in [6.45, 7) is 8.10. The lowest BCUT2D eigenvalue weighted by molar-refractivity contribution is -0.121. The van der Waals surface area contributed by atoms with Crippen molar-refractivity contribution in [3.05, 3.63) is 29.8 Å². The third-order valence-corrected chi connectivity index (χ3v) is 3.81. The fourth-order valence-electron chi connectivity index (χ4n) is 2.63. The molecule has 2 rings (SSSR count). The van der Waals surface area contributed by atoms with E-state index in [0.717, 1.165) is 30.8 Å². The molecule has 1 fully saturated rings. The minimum atomic E-state index is 0. The highest BCUT2D eigenvalue weighted by molar-refractivity contribution is 5.85. The first-order valence-electron chi connectivity index (χ1n) is 7.80. The zero-order valence-corrected chi connectivity index (χ0v) is 14.4. The van der Waals surface area contributed by atoms with Crippen molar-refractivity contribution >= 4 is 18.3 Å². The van der Waals surface area contributed by atoms with E-state index in [1.165, 1.54) is 0 Å². The molecule has 22 heavy (non-hydrogen) atoms. The lowest BCUT2D eigenvalue weighted by Crippen LogP contribution is -2.50. The summed E-state index contributed by atoms with van der Waals surface area (Å²) in [5.74, 6) is 1.44. The summed E-state index contributed by atoms with van der Waals surface area (Å²) in [7, 11) is 0. The molecule has 0 saturated carbocycles. The Bertz CT molecular complexity index is 479. The Morgan fingerprint density at radius 1 is 1.45 bits per heavy atom. The molecule has 5 heteroatoms. The number of carbonyl (C=O) groups excluding carboxylic acids is 1. The van der Waals surface area contributed by atoms with Gasteiger partial charge in [-0.25, -0.2) is 0 Å². The maximum absolute atomic E-state index is 12.2. The van der Waals surface area contributed by atoms with Crippen molar-refractivity contribution in [2.75, 3.05) is 13.1 Å². The first-order valence-corrected chi connectivity index (χ1v) is 7.80. The normalized spacial score (nSPS) is 21.1. The van der Waals surface area contributed by atoms with Crippen LogP contribution in [-0.2, 0) is 11.2 Å². The summed E-state index contributed by atoms with van der Waals surface area (Å²) >= 11 is 0. The smallest absolute Gasteiger partial charge is 0.224 e. The molecule has 0 bridgehead atoms. The summed E-state index contributed by atoms with van der Waals surface area (Å²) in [4.78, 5) is 12.2. The molecule has 1 aromatic carbocycles. The summed E-state index contributed by atoms with van der Waals surface area (Å²) in [6.07, 6.45) is 1.66. The summed E-state index contributed by atoms with van der Waals surface area (Å²) in [5.41, 5.74) is 0.988. The van der Waals surface area contributed by atoms with Gasteiger partial charge >= 0.3 is 0 Å². The molecular weight excluding hydrogens is 300 g/mol. The Balaban J connectivity index is 0.00000242. The molecular formula is C17H27ClN2O2. The lowest BCUT2D eigenvalue weighted by Gasteiger charge is -2.30. The van der Waals surface area contributed by atoms with Crippen LogP contribution in [0.4, 0.5) is 0 Å². The van der Waals surface area contributed by atoms with E-state index < -0.39 is 0 Å². The average molecular weight is 327 g/mol. The first kappa shape index (κ1) is 18.8. The van der Waals surface area contributed by atoms with E-state index in [0.29, 0.717) is 12.3 Å². The molecule has 0 spiro atoms. The molecule has 1 aliphatic rings. The molecule has 1 aliphatic heterocycles. The van der Waals surface area contributed by atoms with Crippen LogP contribution in [-0.4, -0.2) is 31.1 Å². The van der Waals surface area contributed by atoms with E-state index in [2.05, 4.69) is 17.6 Å². The standard InChI is InChI=1S/C17H26N2O2.ClH/c1-12(2)21-15-6-4-5-14(9-15)10-17(20)19-16-11-18-8-7-13(16)3;/h4-6,9,12-13,16,18H,7-8,10-11H2,1-3H3,(H,19,20);1H. The minimum absolute atomic E-state index is 0. The van der Waals surface area contributed by atoms with Gasteiger partial charge in [0, 0.05) is 12.6 Å². The van der Waals surface area contributed by atoms with Crippen LogP contribution in [0.15, 0.2) is 24.3 Å². The van der Waals surface area contributed by atoms with Gasteiger partial charge in [0.05, 0.1) is 12.5 Å². The van der Waals surface area contributed by atoms with Gasteiger partial charge in [0.2, 0.25) is 5.91 Å². The second kappa shape index (κ2) is 9.01. The second-order valence-corrected chi connectivity index (χ2v) is 6.13. The highest BCUT2D eigenvalue weighted by Crippen LogP contribution is 2.16. The van der Waals surface area contributed by atoms with Gasteiger partial charge in [-0.3, -0.25) is 4.79 Å². The first-order chi connectivity index (χ1) is 10.0. The monoisotopic (exact) mass is 326 g/mol. The number of halogens is 1. The van der Waals surface area contributed by atoms with Crippen LogP contribution in [0.3, 0.4) is 0 Å². The third-order valence-electron chi connectivity index (χ3n) is 3.81. The SMILES string of the molecule is CC(C)Oc1cccc(CC(=O)NC2CNCCC2C)c1.Cl. The molecule has 4 nitrogen and oxygen atoms in total. The van der Waals surface area contributed by atoms with Crippen molar-refractivity contribution in [1.82, 2.24) is 10.6 Å². The number of nitrogens with one attached hydrogen (secondary N) is 2. The van der Waals surface area contributed by atoms with Crippen molar-refractivity contribution < 1.29 is 9.53 Å². The van der Waals surface area contributed by atoms with Gasteiger partial charge in [0.25, 0.3) is 0 Å². The maximum Gasteiger partial charge on any atom is 0.224 e. The van der Waals surface area contributed by atoms with Crippen molar-refractivity contribution in [2.24, 2.45) is 5.92 Å². The van der Waals surface area contributed by atoms with Crippen LogP contribution >= 0.6 is 12.4 Å². The van der Waals surface area contributed by atoms with Gasteiger partial charge in [-0.05, 0) is 50.4 Å². The summed E-state index contributed by atoms with van der Waals surface area (Å²) in [6, 6.07) is 8.01. The van der Waals surface area contributed by atoms with Crippen LogP contribution in [0.1, 0.15) is 32.8 Å². The van der Waals surface area contributed by atoms with E-state index >= 15 is 0 Å². The molecule has 1 amide bonds. The van der Waals surface area contributed by atoms with Crippen LogP contribution < -0.4 is 15.4 Å². The Hall–Kier alpha value is -1.26. The van der Waals surface area contributed by atoms with Gasteiger partial charge in [-0.1, -0.05) is 19.1 Å². The number of amides is 1. The number of piperidine rings is 1. The quantitative estimate of drug-likeness (QED) is 0.874. The molecule has 1 saturated heterocycles. The van der Waals surface area contributed by atoms with Crippen molar-refractivity contribution in [3.8, 4) is 5.75 Å². The zero-order valence-electron chi connectivity index (χ0n) is 13.6. The summed E-state index contributed by atoms with van der Waals surface area (Å²) in [5, 5.41) is 6.47. The molecule has 2 unspecified atom stereocenters. The van der Waals surface area contributed by atoms with Gasteiger partial charge in [-0.15, -0.1) is 12.4 Å². The predicted molar refractivity (Wildman–Crippen MR) is 91.7 cm³/mol. The second-order valence-electron chi connectivity index (χ2n) is 6.13. The molecule has 0 aromatic heterocycles. The van der Waals surface area contributed by atoms with Crippen molar-refractivity contribution in [2.45, 2.75) is 45.8 Å². The number of hydrogen-bond donors (Lipinski definition) is 2. The molecule has 124 valence electrons. The van der Waals surface area contributed by atoms with Crippen LogP contribution in [0.5, 0.6) is 5.75 Å². The number of hydrogen-bond acceptors (Lipinski definition) is 3. The van der Waals surface area contributed by atoms with Gasteiger partial charge < -0.3 is 15.4 Å². The van der Waals surface area contributed by atoms with E-state index in [9.17, 15) is 4.79 Å².